The molecule has 1 aromatic carbocycles. The molecule has 0 aliphatic rings. The van der Waals surface area contributed by atoms with E-state index < -0.39 is 4.92 Å². The summed E-state index contributed by atoms with van der Waals surface area (Å²) >= 11 is 1.38. The number of hydrogen-bond donors (Lipinski definition) is 1. The maximum Gasteiger partial charge on any atom is 0.269 e. The maximum absolute atomic E-state index is 11.7. The lowest BCUT2D eigenvalue weighted by molar-refractivity contribution is -0.384. The minimum Gasteiger partial charge on any atom is -0.361 e. The number of nitro groups is 1. The van der Waals surface area contributed by atoms with Crippen molar-refractivity contribution in [1.82, 2.24) is 0 Å². The normalized spacial score (nSPS) is 10.7. The summed E-state index contributed by atoms with van der Waals surface area (Å²) in [6.45, 7) is 1.77. The average molecular weight is 288 g/mol. The lowest BCUT2D eigenvalue weighted by Crippen LogP contribution is -1.96. The van der Waals surface area contributed by atoms with Crippen LogP contribution < -0.4 is 5.32 Å². The molecule has 2 aromatic rings. The molecule has 6 heteroatoms. The summed E-state index contributed by atoms with van der Waals surface area (Å²) in [7, 11) is 0. The summed E-state index contributed by atoms with van der Waals surface area (Å²) in [5, 5.41) is 15.4. The summed E-state index contributed by atoms with van der Waals surface area (Å²) in [5.74, 6) is -0.0768. The Labute approximate surface area is 119 Å². The van der Waals surface area contributed by atoms with Crippen LogP contribution in [0.15, 0.2) is 48.0 Å². The highest BCUT2D eigenvalue weighted by atomic mass is 32.1. The van der Waals surface area contributed by atoms with E-state index in [1.54, 1.807) is 19.1 Å². The highest BCUT2D eigenvalue weighted by Crippen LogP contribution is 2.21. The fourth-order valence-corrected chi connectivity index (χ4v) is 2.28. The molecule has 0 aliphatic carbocycles. The van der Waals surface area contributed by atoms with E-state index in [0.717, 1.165) is 11.3 Å². The third kappa shape index (κ3) is 3.30. The minimum absolute atomic E-state index is 0.0479. The number of carbonyl (C=O) groups excluding carboxylic acids is 1. The number of allylic oxidation sites excluding steroid dienone is 1. The topological polar surface area (TPSA) is 72.2 Å². The third-order valence-electron chi connectivity index (χ3n) is 2.66. The van der Waals surface area contributed by atoms with Gasteiger partial charge in [-0.15, -0.1) is 11.3 Å². The lowest BCUT2D eigenvalue weighted by Gasteiger charge is -2.04. The first-order valence-electron chi connectivity index (χ1n) is 5.84. The predicted molar refractivity (Wildman–Crippen MR) is 79.2 cm³/mol. The van der Waals surface area contributed by atoms with Crippen molar-refractivity contribution in [2.45, 2.75) is 6.92 Å². The van der Waals surface area contributed by atoms with E-state index in [2.05, 4.69) is 5.32 Å². The van der Waals surface area contributed by atoms with Crippen LogP contribution in [0.3, 0.4) is 0 Å². The van der Waals surface area contributed by atoms with Crippen LogP contribution in [0.25, 0.3) is 0 Å². The van der Waals surface area contributed by atoms with Gasteiger partial charge in [-0.05, 0) is 30.0 Å². The maximum atomic E-state index is 11.7. The van der Waals surface area contributed by atoms with Gasteiger partial charge in [0, 0.05) is 30.1 Å². The summed E-state index contributed by atoms with van der Waals surface area (Å²) in [5.41, 5.74) is 1.52. The van der Waals surface area contributed by atoms with Crippen LogP contribution in [0.5, 0.6) is 0 Å². The molecule has 0 saturated carbocycles. The van der Waals surface area contributed by atoms with Crippen molar-refractivity contribution < 1.29 is 9.72 Å². The van der Waals surface area contributed by atoms with Crippen molar-refractivity contribution in [3.8, 4) is 0 Å². The van der Waals surface area contributed by atoms with Gasteiger partial charge in [-0.25, -0.2) is 0 Å². The van der Waals surface area contributed by atoms with Gasteiger partial charge >= 0.3 is 0 Å². The molecule has 5 nitrogen and oxygen atoms in total. The number of nitro benzene ring substituents is 1. The Kier molecular flexibility index (Phi) is 4.27. The van der Waals surface area contributed by atoms with E-state index in [-0.39, 0.29) is 11.5 Å². The predicted octanol–water partition coefficient (Wildman–Crippen LogP) is 3.77. The average Bonchev–Trinajstić information content (AvgIpc) is 2.94. The molecule has 0 saturated heterocycles. The van der Waals surface area contributed by atoms with Gasteiger partial charge in [0.1, 0.15) is 0 Å². The Morgan fingerprint density at radius 1 is 1.40 bits per heavy atom. The molecule has 0 spiro atoms. The molecule has 2 rings (SSSR count). The SMILES string of the molecule is Cc1cc([N+](=O)[O-])ccc1N/C=C/C(=O)c1cccs1. The molecule has 1 N–H and O–H groups in total. The van der Waals surface area contributed by atoms with Gasteiger partial charge in [-0.1, -0.05) is 6.07 Å². The minimum atomic E-state index is -0.438. The van der Waals surface area contributed by atoms with E-state index in [0.29, 0.717) is 4.88 Å². The van der Waals surface area contributed by atoms with Gasteiger partial charge in [-0.3, -0.25) is 14.9 Å². The van der Waals surface area contributed by atoms with Crippen molar-refractivity contribution in [3.05, 3.63) is 68.5 Å². The molecular weight excluding hydrogens is 276 g/mol. The van der Waals surface area contributed by atoms with Crippen molar-refractivity contribution in [2.75, 3.05) is 5.32 Å². The molecule has 102 valence electrons. The van der Waals surface area contributed by atoms with Crippen molar-refractivity contribution in [2.24, 2.45) is 0 Å². The van der Waals surface area contributed by atoms with Crippen LogP contribution in [0.2, 0.25) is 0 Å². The molecule has 0 atom stereocenters. The third-order valence-corrected chi connectivity index (χ3v) is 3.54. The summed E-state index contributed by atoms with van der Waals surface area (Å²) in [6, 6.07) is 8.10. The molecular formula is C14H12N2O3S. The fourth-order valence-electron chi connectivity index (χ4n) is 1.63. The zero-order valence-corrected chi connectivity index (χ0v) is 11.5. The van der Waals surface area contributed by atoms with Gasteiger partial charge in [0.2, 0.25) is 0 Å². The van der Waals surface area contributed by atoms with Gasteiger partial charge in [-0.2, -0.15) is 0 Å². The number of thiophene rings is 1. The van der Waals surface area contributed by atoms with E-state index >= 15 is 0 Å². The van der Waals surface area contributed by atoms with Crippen LogP contribution in [0.1, 0.15) is 15.2 Å². The molecule has 0 bridgehead atoms. The second-order valence-electron chi connectivity index (χ2n) is 4.08. The molecule has 1 heterocycles. The number of anilines is 1. The van der Waals surface area contributed by atoms with Gasteiger partial charge < -0.3 is 5.32 Å². The van der Waals surface area contributed by atoms with Crippen LogP contribution in [0, 0.1) is 17.0 Å². The number of aryl methyl sites for hydroxylation is 1. The van der Waals surface area contributed by atoms with Crippen LogP contribution in [-0.2, 0) is 0 Å². The number of hydrogen-bond acceptors (Lipinski definition) is 5. The number of ketones is 1. The Bertz CT molecular complexity index is 663. The number of carbonyl (C=O) groups is 1. The van der Waals surface area contributed by atoms with Gasteiger partial charge in [0.25, 0.3) is 5.69 Å². The molecule has 0 fully saturated rings. The van der Waals surface area contributed by atoms with E-state index in [4.69, 9.17) is 0 Å². The second-order valence-corrected chi connectivity index (χ2v) is 5.02. The standard InChI is InChI=1S/C14H12N2O3S/c1-10-9-11(16(18)19)4-5-12(10)15-7-6-13(17)14-3-2-8-20-14/h2-9,15H,1H3/b7-6+. The summed E-state index contributed by atoms with van der Waals surface area (Å²) < 4.78 is 0. The number of nitrogens with zero attached hydrogens (tertiary/aromatic N) is 1. The molecule has 0 aliphatic heterocycles. The quantitative estimate of drug-likeness (QED) is 0.393. The van der Waals surface area contributed by atoms with Crippen molar-refractivity contribution in [1.29, 1.82) is 0 Å². The van der Waals surface area contributed by atoms with Crippen LogP contribution >= 0.6 is 11.3 Å². The molecule has 20 heavy (non-hydrogen) atoms. The molecule has 0 unspecified atom stereocenters. The molecule has 1 aromatic heterocycles. The first kappa shape index (κ1) is 14.0. The molecule has 0 amide bonds. The van der Waals surface area contributed by atoms with E-state index in [1.807, 2.05) is 11.4 Å². The zero-order valence-electron chi connectivity index (χ0n) is 10.7. The van der Waals surface area contributed by atoms with Crippen LogP contribution in [0.4, 0.5) is 11.4 Å². The van der Waals surface area contributed by atoms with E-state index in [9.17, 15) is 14.9 Å². The Morgan fingerprint density at radius 3 is 2.80 bits per heavy atom. The lowest BCUT2D eigenvalue weighted by atomic mass is 10.2. The monoisotopic (exact) mass is 288 g/mol. The first-order valence-corrected chi connectivity index (χ1v) is 6.72. The molecule has 0 radical (unpaired) electrons. The smallest absolute Gasteiger partial charge is 0.269 e. The Hall–Kier alpha value is -2.47. The van der Waals surface area contributed by atoms with Gasteiger partial charge in [0.15, 0.2) is 5.78 Å². The van der Waals surface area contributed by atoms with Gasteiger partial charge in [0.05, 0.1) is 9.80 Å². The first-order chi connectivity index (χ1) is 9.58. The highest BCUT2D eigenvalue weighted by Gasteiger charge is 2.07. The summed E-state index contributed by atoms with van der Waals surface area (Å²) in [4.78, 5) is 22.6. The highest BCUT2D eigenvalue weighted by molar-refractivity contribution is 7.12. The Morgan fingerprint density at radius 2 is 2.20 bits per heavy atom. The second kappa shape index (κ2) is 6.12. The van der Waals surface area contributed by atoms with Crippen molar-refractivity contribution in [3.63, 3.8) is 0 Å². The van der Waals surface area contributed by atoms with E-state index in [1.165, 1.54) is 35.7 Å². The van der Waals surface area contributed by atoms with Crippen molar-refractivity contribution >= 4 is 28.5 Å². The number of non-ortho nitro benzene ring substituents is 1. The zero-order chi connectivity index (χ0) is 14.5. The summed E-state index contributed by atoms with van der Waals surface area (Å²) in [6.07, 6.45) is 2.98. The number of rotatable bonds is 5. The Balaban J connectivity index is 2.04. The number of nitrogens with one attached hydrogen (secondary N) is 1. The largest absolute Gasteiger partial charge is 0.361 e. The fraction of sp³-hybridized carbons (Fsp3) is 0.0714. The number of benzene rings is 1. The van der Waals surface area contributed by atoms with Crippen LogP contribution in [-0.4, -0.2) is 10.7 Å².